The van der Waals surface area contributed by atoms with Crippen molar-refractivity contribution in [3.05, 3.63) is 78.5 Å². The summed E-state index contributed by atoms with van der Waals surface area (Å²) in [7, 11) is -2.19. The van der Waals surface area contributed by atoms with Gasteiger partial charge in [0.25, 0.3) is 10.0 Å². The molecule has 4 rings (SSSR count). The van der Waals surface area contributed by atoms with Gasteiger partial charge >= 0.3 is 0 Å². The fourth-order valence-electron chi connectivity index (χ4n) is 4.21. The van der Waals surface area contributed by atoms with Crippen LogP contribution in [0.1, 0.15) is 30.0 Å². The molecule has 1 amide bonds. The summed E-state index contributed by atoms with van der Waals surface area (Å²) in [6, 6.07) is 12.6. The maximum Gasteiger partial charge on any atom is 0.262 e. The van der Waals surface area contributed by atoms with Crippen LogP contribution in [0, 0.1) is 0 Å². The third kappa shape index (κ3) is 5.88. The maximum absolute atomic E-state index is 13.7. The first-order valence-electron chi connectivity index (χ1n) is 11.4. The van der Waals surface area contributed by atoms with E-state index in [1.165, 1.54) is 16.8 Å². The Balaban J connectivity index is 1.65. The van der Waals surface area contributed by atoms with Crippen molar-refractivity contribution >= 4 is 15.9 Å². The third-order valence-corrected chi connectivity index (χ3v) is 7.72. The molecule has 34 heavy (non-hydrogen) atoms. The van der Waals surface area contributed by atoms with E-state index in [0.29, 0.717) is 32.6 Å². The van der Waals surface area contributed by atoms with E-state index < -0.39 is 16.1 Å². The van der Waals surface area contributed by atoms with Crippen molar-refractivity contribution < 1.29 is 13.2 Å². The number of benzene rings is 1. The minimum absolute atomic E-state index is 0.0140. The summed E-state index contributed by atoms with van der Waals surface area (Å²) in [5.41, 5.74) is 1.90. The van der Waals surface area contributed by atoms with Gasteiger partial charge in [0.05, 0.1) is 12.4 Å². The van der Waals surface area contributed by atoms with Crippen LogP contribution in [0.3, 0.4) is 0 Å². The van der Waals surface area contributed by atoms with Crippen molar-refractivity contribution in [1.82, 2.24) is 29.1 Å². The van der Waals surface area contributed by atoms with E-state index in [0.717, 1.165) is 11.1 Å². The normalized spacial score (nSPS) is 19.3. The highest BCUT2D eigenvalue weighted by molar-refractivity contribution is 7.89. The quantitative estimate of drug-likeness (QED) is 0.597. The second-order valence-electron chi connectivity index (χ2n) is 8.46. The van der Waals surface area contributed by atoms with Crippen LogP contribution in [0.25, 0.3) is 0 Å². The van der Waals surface area contributed by atoms with Gasteiger partial charge in [-0.2, -0.15) is 4.31 Å². The van der Waals surface area contributed by atoms with Gasteiger partial charge in [-0.25, -0.2) is 13.4 Å². The van der Waals surface area contributed by atoms with Crippen LogP contribution in [0.5, 0.6) is 0 Å². The molecule has 1 N–H and O–H groups in total. The molecule has 0 saturated carbocycles. The number of aryl methyl sites for hydroxylation is 1. The molecule has 1 fully saturated rings. The van der Waals surface area contributed by atoms with Crippen molar-refractivity contribution in [2.24, 2.45) is 7.05 Å². The van der Waals surface area contributed by atoms with Gasteiger partial charge in [-0.3, -0.25) is 14.7 Å². The Morgan fingerprint density at radius 2 is 1.82 bits per heavy atom. The zero-order valence-electron chi connectivity index (χ0n) is 19.2. The molecule has 0 aliphatic carbocycles. The van der Waals surface area contributed by atoms with Gasteiger partial charge in [0.2, 0.25) is 5.91 Å². The van der Waals surface area contributed by atoms with Gasteiger partial charge in [-0.05, 0) is 36.2 Å². The summed E-state index contributed by atoms with van der Waals surface area (Å²) >= 11 is 0. The van der Waals surface area contributed by atoms with E-state index in [9.17, 15) is 13.2 Å². The molecule has 3 aromatic rings. The van der Waals surface area contributed by atoms with Crippen molar-refractivity contribution in [1.29, 1.82) is 0 Å². The van der Waals surface area contributed by atoms with Crippen LogP contribution in [-0.4, -0.2) is 64.2 Å². The molecule has 1 atom stereocenters. The highest BCUT2D eigenvalue weighted by Crippen LogP contribution is 2.30. The van der Waals surface area contributed by atoms with Crippen LogP contribution in [-0.2, 0) is 28.4 Å². The van der Waals surface area contributed by atoms with E-state index in [1.807, 2.05) is 42.5 Å². The Morgan fingerprint density at radius 1 is 1.06 bits per heavy atom. The molecule has 1 unspecified atom stereocenters. The predicted octanol–water partition coefficient (Wildman–Crippen LogP) is 1.96. The van der Waals surface area contributed by atoms with Crippen LogP contribution in [0.15, 0.2) is 72.4 Å². The molecule has 1 aliphatic heterocycles. The largest absolute Gasteiger partial charge is 0.355 e. The Bertz CT molecular complexity index is 1180. The van der Waals surface area contributed by atoms with Gasteiger partial charge in [0.1, 0.15) is 0 Å². The van der Waals surface area contributed by atoms with Gasteiger partial charge in [-0.15, -0.1) is 0 Å². The summed E-state index contributed by atoms with van der Waals surface area (Å²) < 4.78 is 30.5. The van der Waals surface area contributed by atoms with Crippen molar-refractivity contribution in [2.45, 2.75) is 30.5 Å². The Morgan fingerprint density at radius 3 is 2.53 bits per heavy atom. The first kappa shape index (κ1) is 24.1. The molecule has 2 aromatic heterocycles. The average molecular weight is 483 g/mol. The molecule has 1 aliphatic rings. The maximum atomic E-state index is 13.7. The standard InChI is InChI=1S/C24H30N6O3S/c1-28-18-24(27-19-28)34(32,33)30-14-5-13-29(17-20-8-10-25-11-9-20)15-12-26-23(31)16-22(30)21-6-3-2-4-7-21/h2-4,6-11,18-19,22H,5,12-17H2,1H3,(H,26,31). The molecule has 3 heterocycles. The molecule has 0 bridgehead atoms. The number of sulfonamides is 1. The average Bonchev–Trinajstić information content (AvgIpc) is 3.27. The summed E-state index contributed by atoms with van der Waals surface area (Å²) in [6.07, 6.45) is 7.15. The van der Waals surface area contributed by atoms with Crippen LogP contribution in [0.4, 0.5) is 0 Å². The zero-order chi connectivity index (χ0) is 24.0. The second-order valence-corrected chi connectivity index (χ2v) is 10.3. The summed E-state index contributed by atoms with van der Waals surface area (Å²) in [5, 5.41) is 2.96. The predicted molar refractivity (Wildman–Crippen MR) is 128 cm³/mol. The number of hydrogen-bond acceptors (Lipinski definition) is 6. The van der Waals surface area contributed by atoms with E-state index in [4.69, 9.17) is 0 Å². The monoisotopic (exact) mass is 482 g/mol. The lowest BCUT2D eigenvalue weighted by atomic mass is 10.0. The van der Waals surface area contributed by atoms with Crippen LogP contribution < -0.4 is 5.32 Å². The van der Waals surface area contributed by atoms with Gasteiger partial charge in [-0.1, -0.05) is 30.3 Å². The van der Waals surface area contributed by atoms with E-state index in [1.54, 1.807) is 24.0 Å². The zero-order valence-corrected chi connectivity index (χ0v) is 20.1. The topological polar surface area (TPSA) is 100 Å². The lowest BCUT2D eigenvalue weighted by molar-refractivity contribution is -0.122. The molecule has 10 heteroatoms. The summed E-state index contributed by atoms with van der Waals surface area (Å²) in [4.78, 5) is 23.3. The van der Waals surface area contributed by atoms with Crippen molar-refractivity contribution in [3.63, 3.8) is 0 Å². The lowest BCUT2D eigenvalue weighted by Crippen LogP contribution is -2.39. The van der Waals surface area contributed by atoms with Crippen molar-refractivity contribution in [2.75, 3.05) is 26.2 Å². The van der Waals surface area contributed by atoms with E-state index in [-0.39, 0.29) is 23.9 Å². The number of pyridine rings is 1. The Hall–Kier alpha value is -3.08. The number of rotatable bonds is 5. The number of nitrogens with zero attached hydrogens (tertiary/aromatic N) is 5. The first-order chi connectivity index (χ1) is 16.4. The minimum Gasteiger partial charge on any atom is -0.355 e. The highest BCUT2D eigenvalue weighted by Gasteiger charge is 2.35. The SMILES string of the molecule is Cn1cnc(S(=O)(=O)N2CCCN(Cc3ccncc3)CCNC(=O)CC2c2ccccc2)c1. The number of hydrogen-bond donors (Lipinski definition) is 1. The molecule has 180 valence electrons. The third-order valence-electron chi connectivity index (χ3n) is 5.92. The van der Waals surface area contributed by atoms with Crippen LogP contribution >= 0.6 is 0 Å². The molecule has 1 aromatic carbocycles. The molecule has 9 nitrogen and oxygen atoms in total. The molecule has 1 saturated heterocycles. The first-order valence-corrected chi connectivity index (χ1v) is 12.8. The lowest BCUT2D eigenvalue weighted by Gasteiger charge is -2.30. The van der Waals surface area contributed by atoms with Crippen LogP contribution in [0.2, 0.25) is 0 Å². The Kier molecular flexibility index (Phi) is 7.71. The summed E-state index contributed by atoms with van der Waals surface area (Å²) in [6.45, 7) is 2.84. The highest BCUT2D eigenvalue weighted by atomic mass is 32.2. The number of nitrogens with one attached hydrogen (secondary N) is 1. The molecule has 0 spiro atoms. The van der Waals surface area contributed by atoms with Crippen molar-refractivity contribution in [3.8, 4) is 0 Å². The molecular formula is C24H30N6O3S. The van der Waals surface area contributed by atoms with E-state index >= 15 is 0 Å². The molecular weight excluding hydrogens is 452 g/mol. The number of amides is 1. The van der Waals surface area contributed by atoms with Gasteiger partial charge in [0.15, 0.2) is 5.03 Å². The number of imidazole rings is 1. The van der Waals surface area contributed by atoms with Gasteiger partial charge < -0.3 is 9.88 Å². The number of aromatic nitrogens is 3. The summed E-state index contributed by atoms with van der Waals surface area (Å²) in [5.74, 6) is -0.180. The second kappa shape index (κ2) is 10.9. The fourth-order valence-corrected chi connectivity index (χ4v) is 5.84. The van der Waals surface area contributed by atoms with Gasteiger partial charge in [0, 0.05) is 58.2 Å². The number of carbonyl (C=O) groups is 1. The Labute approximate surface area is 200 Å². The fraction of sp³-hybridized carbons (Fsp3) is 0.375. The smallest absolute Gasteiger partial charge is 0.262 e. The van der Waals surface area contributed by atoms with E-state index in [2.05, 4.69) is 20.2 Å². The molecule has 0 radical (unpaired) electrons. The number of carbonyl (C=O) groups excluding carboxylic acids is 1. The minimum atomic E-state index is -3.92.